The molecule has 1 saturated carbocycles. The van der Waals surface area contributed by atoms with Crippen LogP contribution in [0.4, 0.5) is 0 Å². The van der Waals surface area contributed by atoms with Gasteiger partial charge in [-0.1, -0.05) is 19.8 Å². The molecule has 0 spiro atoms. The van der Waals surface area contributed by atoms with E-state index in [1.807, 2.05) is 0 Å². The number of nitrogens with zero attached hydrogens (tertiary/aromatic N) is 2. The molecule has 1 atom stereocenters. The van der Waals surface area contributed by atoms with Crippen LogP contribution in [0.3, 0.4) is 0 Å². The van der Waals surface area contributed by atoms with Crippen molar-refractivity contribution in [3.63, 3.8) is 0 Å². The van der Waals surface area contributed by atoms with Crippen LogP contribution in [0.25, 0.3) is 0 Å². The Bertz CT molecular complexity index is 343. The molecule has 0 bridgehead atoms. The second-order valence-electron chi connectivity index (χ2n) is 6.82. The maximum Gasteiger partial charge on any atom is 0.228 e. The standard InChI is InChI=1S/C16H29N3O.ClH/c1-2-16(6-3-4-7-16)15(20)19-11-9-18(10-12-19)14-5-8-17-13-14;/h14,17H,2-13H2,1H3;1H. The molecule has 4 nitrogen and oxygen atoms in total. The van der Waals surface area contributed by atoms with Crippen LogP contribution in [-0.2, 0) is 4.79 Å². The monoisotopic (exact) mass is 315 g/mol. The molecule has 21 heavy (non-hydrogen) atoms. The molecule has 122 valence electrons. The third-order valence-electron chi connectivity index (χ3n) is 5.84. The summed E-state index contributed by atoms with van der Waals surface area (Å²) in [7, 11) is 0. The lowest BCUT2D eigenvalue weighted by molar-refractivity contribution is -0.144. The number of amides is 1. The van der Waals surface area contributed by atoms with Gasteiger partial charge in [0.1, 0.15) is 0 Å². The summed E-state index contributed by atoms with van der Waals surface area (Å²) in [6.07, 6.45) is 7.02. The van der Waals surface area contributed by atoms with Crippen molar-refractivity contribution >= 4 is 18.3 Å². The van der Waals surface area contributed by atoms with Crippen LogP contribution < -0.4 is 5.32 Å². The Morgan fingerprint density at radius 3 is 2.38 bits per heavy atom. The van der Waals surface area contributed by atoms with Gasteiger partial charge in [0, 0.05) is 44.2 Å². The summed E-state index contributed by atoms with van der Waals surface area (Å²) in [6.45, 7) is 8.50. The van der Waals surface area contributed by atoms with Crippen LogP contribution >= 0.6 is 12.4 Å². The normalized spacial score (nSPS) is 29.4. The summed E-state index contributed by atoms with van der Waals surface area (Å²) >= 11 is 0. The quantitative estimate of drug-likeness (QED) is 0.864. The highest BCUT2D eigenvalue weighted by molar-refractivity contribution is 5.85. The maximum absolute atomic E-state index is 12.9. The van der Waals surface area contributed by atoms with Gasteiger partial charge in [0.2, 0.25) is 5.91 Å². The number of hydrogen-bond donors (Lipinski definition) is 1. The number of nitrogens with one attached hydrogen (secondary N) is 1. The van der Waals surface area contributed by atoms with Crippen LogP contribution in [0.1, 0.15) is 45.4 Å². The van der Waals surface area contributed by atoms with Crippen molar-refractivity contribution in [3.05, 3.63) is 0 Å². The smallest absolute Gasteiger partial charge is 0.228 e. The molecule has 3 fully saturated rings. The molecule has 1 unspecified atom stereocenters. The Morgan fingerprint density at radius 2 is 1.86 bits per heavy atom. The molecule has 1 amide bonds. The van der Waals surface area contributed by atoms with Crippen molar-refractivity contribution < 1.29 is 4.79 Å². The lowest BCUT2D eigenvalue weighted by Crippen LogP contribution is -2.55. The van der Waals surface area contributed by atoms with Crippen LogP contribution in [0.2, 0.25) is 0 Å². The molecular weight excluding hydrogens is 286 g/mol. The maximum atomic E-state index is 12.9. The summed E-state index contributed by atoms with van der Waals surface area (Å²) in [4.78, 5) is 17.6. The molecule has 2 heterocycles. The summed E-state index contributed by atoms with van der Waals surface area (Å²) in [6, 6.07) is 0.707. The van der Waals surface area contributed by atoms with E-state index in [-0.39, 0.29) is 17.8 Å². The fraction of sp³-hybridized carbons (Fsp3) is 0.938. The second kappa shape index (κ2) is 7.30. The van der Waals surface area contributed by atoms with Crippen LogP contribution in [-0.4, -0.2) is 61.0 Å². The zero-order chi connectivity index (χ0) is 14.0. The SMILES string of the molecule is CCC1(C(=O)N2CCN(C3CCNC3)CC2)CCCC1.Cl. The first kappa shape index (κ1) is 17.0. The summed E-state index contributed by atoms with van der Waals surface area (Å²) < 4.78 is 0. The lowest BCUT2D eigenvalue weighted by Gasteiger charge is -2.41. The Hall–Kier alpha value is -0.320. The Morgan fingerprint density at radius 1 is 1.19 bits per heavy atom. The van der Waals surface area contributed by atoms with Crippen molar-refractivity contribution in [2.24, 2.45) is 5.41 Å². The molecule has 1 aliphatic carbocycles. The van der Waals surface area contributed by atoms with E-state index in [0.29, 0.717) is 11.9 Å². The molecule has 3 rings (SSSR count). The van der Waals surface area contributed by atoms with E-state index in [4.69, 9.17) is 0 Å². The van der Waals surface area contributed by atoms with Crippen molar-refractivity contribution in [1.29, 1.82) is 0 Å². The largest absolute Gasteiger partial charge is 0.340 e. The van der Waals surface area contributed by atoms with Gasteiger partial charge >= 0.3 is 0 Å². The topological polar surface area (TPSA) is 35.6 Å². The van der Waals surface area contributed by atoms with Gasteiger partial charge in [0.05, 0.1) is 0 Å². The molecule has 0 radical (unpaired) electrons. The molecule has 5 heteroatoms. The van der Waals surface area contributed by atoms with E-state index in [0.717, 1.165) is 58.5 Å². The zero-order valence-corrected chi connectivity index (χ0v) is 14.1. The van der Waals surface area contributed by atoms with Gasteiger partial charge in [-0.25, -0.2) is 0 Å². The molecule has 1 N–H and O–H groups in total. The number of rotatable bonds is 3. The van der Waals surface area contributed by atoms with Crippen molar-refractivity contribution in [2.75, 3.05) is 39.3 Å². The fourth-order valence-corrected chi connectivity index (χ4v) is 4.35. The minimum atomic E-state index is -0.00289. The van der Waals surface area contributed by atoms with Gasteiger partial charge in [0.15, 0.2) is 0 Å². The van der Waals surface area contributed by atoms with Crippen molar-refractivity contribution in [1.82, 2.24) is 15.1 Å². The highest BCUT2D eigenvalue weighted by atomic mass is 35.5. The number of carbonyl (C=O) groups excluding carboxylic acids is 1. The molecule has 0 aromatic rings. The van der Waals surface area contributed by atoms with Crippen LogP contribution in [0, 0.1) is 5.41 Å². The molecule has 2 saturated heterocycles. The highest BCUT2D eigenvalue weighted by Crippen LogP contribution is 2.42. The van der Waals surface area contributed by atoms with Gasteiger partial charge in [-0.15, -0.1) is 12.4 Å². The highest BCUT2D eigenvalue weighted by Gasteiger charge is 2.42. The molecule has 3 aliphatic rings. The van der Waals surface area contributed by atoms with E-state index in [1.165, 1.54) is 19.3 Å². The zero-order valence-electron chi connectivity index (χ0n) is 13.3. The third kappa shape index (κ3) is 3.38. The molecule has 0 aromatic heterocycles. The first-order valence-corrected chi connectivity index (χ1v) is 8.49. The number of hydrogen-bond acceptors (Lipinski definition) is 3. The summed E-state index contributed by atoms with van der Waals surface area (Å²) in [5.41, 5.74) is -0.00289. The predicted molar refractivity (Wildman–Crippen MR) is 87.9 cm³/mol. The minimum absolute atomic E-state index is 0. The van der Waals surface area contributed by atoms with Gasteiger partial charge in [-0.3, -0.25) is 9.69 Å². The Balaban J connectivity index is 0.00000161. The van der Waals surface area contributed by atoms with Gasteiger partial charge in [-0.05, 0) is 32.2 Å². The fourth-order valence-electron chi connectivity index (χ4n) is 4.35. The Kier molecular flexibility index (Phi) is 5.92. The first-order valence-electron chi connectivity index (χ1n) is 8.49. The van der Waals surface area contributed by atoms with Crippen molar-refractivity contribution in [3.8, 4) is 0 Å². The van der Waals surface area contributed by atoms with Crippen LogP contribution in [0.5, 0.6) is 0 Å². The average molecular weight is 316 g/mol. The Labute approximate surface area is 135 Å². The van der Waals surface area contributed by atoms with Gasteiger partial charge in [0.25, 0.3) is 0 Å². The summed E-state index contributed by atoms with van der Waals surface area (Å²) in [5.74, 6) is 0.460. The van der Waals surface area contributed by atoms with Crippen LogP contribution in [0.15, 0.2) is 0 Å². The van der Waals surface area contributed by atoms with E-state index >= 15 is 0 Å². The van der Waals surface area contributed by atoms with E-state index in [2.05, 4.69) is 22.0 Å². The summed E-state index contributed by atoms with van der Waals surface area (Å²) in [5, 5.41) is 3.44. The van der Waals surface area contributed by atoms with E-state index in [1.54, 1.807) is 0 Å². The second-order valence-corrected chi connectivity index (χ2v) is 6.82. The van der Waals surface area contributed by atoms with Gasteiger partial charge in [-0.2, -0.15) is 0 Å². The first-order chi connectivity index (χ1) is 9.75. The van der Waals surface area contributed by atoms with E-state index < -0.39 is 0 Å². The average Bonchev–Trinajstić information content (AvgIpc) is 3.18. The van der Waals surface area contributed by atoms with E-state index in [9.17, 15) is 4.79 Å². The molecule has 2 aliphatic heterocycles. The lowest BCUT2D eigenvalue weighted by atomic mass is 9.81. The predicted octanol–water partition coefficient (Wildman–Crippen LogP) is 1.88. The number of carbonyl (C=O) groups is 1. The van der Waals surface area contributed by atoms with Gasteiger partial charge < -0.3 is 10.2 Å². The van der Waals surface area contributed by atoms with Crippen molar-refractivity contribution in [2.45, 2.75) is 51.5 Å². The minimum Gasteiger partial charge on any atom is -0.340 e. The number of piperazine rings is 1. The number of halogens is 1. The third-order valence-corrected chi connectivity index (χ3v) is 5.84. The molecular formula is C16H30ClN3O. The molecule has 0 aromatic carbocycles.